The molecule has 3 amide bonds. The third kappa shape index (κ3) is 5.12. The van der Waals surface area contributed by atoms with E-state index >= 15 is 0 Å². The van der Waals surface area contributed by atoms with Crippen molar-refractivity contribution in [2.45, 2.75) is 6.92 Å². The lowest BCUT2D eigenvalue weighted by atomic mass is 10.1. The highest BCUT2D eigenvalue weighted by atomic mass is 32.2. The van der Waals surface area contributed by atoms with E-state index in [9.17, 15) is 19.2 Å². The van der Waals surface area contributed by atoms with E-state index < -0.39 is 22.6 Å². The maximum absolute atomic E-state index is 12.6. The van der Waals surface area contributed by atoms with Crippen LogP contribution in [-0.2, 0) is 4.79 Å². The zero-order valence-corrected chi connectivity index (χ0v) is 18.6. The van der Waals surface area contributed by atoms with Gasteiger partial charge in [0.2, 0.25) is 0 Å². The summed E-state index contributed by atoms with van der Waals surface area (Å²) in [6.07, 6.45) is 1.68. The van der Waals surface area contributed by atoms with E-state index in [0.29, 0.717) is 10.6 Å². The van der Waals surface area contributed by atoms with E-state index in [-0.39, 0.29) is 18.7 Å². The van der Waals surface area contributed by atoms with E-state index in [1.165, 1.54) is 6.07 Å². The normalized spacial score (nSPS) is 14.7. The first-order valence-corrected chi connectivity index (χ1v) is 11.1. The van der Waals surface area contributed by atoms with Crippen molar-refractivity contribution < 1.29 is 14.4 Å². The number of benzene rings is 2. The van der Waals surface area contributed by atoms with Crippen LogP contribution >= 0.6 is 11.8 Å². The van der Waals surface area contributed by atoms with E-state index in [1.54, 1.807) is 12.1 Å². The fraction of sp³-hybridized carbons (Fsp3) is 0.120. The van der Waals surface area contributed by atoms with Crippen molar-refractivity contribution in [1.82, 2.24) is 15.2 Å². The van der Waals surface area contributed by atoms with Gasteiger partial charge in [-0.25, -0.2) is 0 Å². The van der Waals surface area contributed by atoms with Gasteiger partial charge < -0.3 is 10.3 Å². The number of H-pyrrole nitrogens is 1. The van der Waals surface area contributed by atoms with Crippen LogP contribution in [0.25, 0.3) is 17.3 Å². The van der Waals surface area contributed by atoms with Crippen molar-refractivity contribution in [3.63, 3.8) is 0 Å². The number of rotatable bonds is 6. The fourth-order valence-electron chi connectivity index (χ4n) is 3.32. The number of nitrogens with zero attached hydrogens (tertiary/aromatic N) is 1. The number of hydrogen-bond donors (Lipinski definition) is 2. The summed E-state index contributed by atoms with van der Waals surface area (Å²) in [5.74, 6) is -0.970. The van der Waals surface area contributed by atoms with Gasteiger partial charge in [-0.1, -0.05) is 60.2 Å². The molecule has 2 N–H and O–H groups in total. The lowest BCUT2D eigenvalue weighted by Gasteiger charge is -2.13. The van der Waals surface area contributed by atoms with Gasteiger partial charge in [0.1, 0.15) is 5.56 Å². The maximum Gasteiger partial charge on any atom is 0.293 e. The third-order valence-corrected chi connectivity index (χ3v) is 6.02. The molecule has 0 bridgehead atoms. The van der Waals surface area contributed by atoms with Crippen molar-refractivity contribution in [3.8, 4) is 11.3 Å². The molecule has 8 heteroatoms. The Hall–Kier alpha value is -3.91. The highest BCUT2D eigenvalue weighted by molar-refractivity contribution is 8.18. The van der Waals surface area contributed by atoms with Crippen LogP contribution in [0.3, 0.4) is 0 Å². The average molecular weight is 460 g/mol. The number of thioether (sulfide) groups is 1. The first kappa shape index (κ1) is 22.3. The first-order valence-electron chi connectivity index (χ1n) is 10.3. The predicted octanol–water partition coefficient (Wildman–Crippen LogP) is 3.82. The second-order valence-electron chi connectivity index (χ2n) is 7.48. The Labute approximate surface area is 194 Å². The molecule has 0 atom stereocenters. The zero-order chi connectivity index (χ0) is 23.4. The smallest absolute Gasteiger partial charge is 0.293 e. The number of carbonyl (C=O) groups excluding carboxylic acids is 3. The molecule has 2 aromatic carbocycles. The lowest BCUT2D eigenvalue weighted by molar-refractivity contribution is -0.122. The predicted molar refractivity (Wildman–Crippen MR) is 129 cm³/mol. The second-order valence-corrected chi connectivity index (χ2v) is 8.47. The molecule has 1 aromatic heterocycles. The number of aryl methyl sites for hydroxylation is 1. The molecule has 0 aliphatic carbocycles. The topological polar surface area (TPSA) is 99.3 Å². The zero-order valence-electron chi connectivity index (χ0n) is 17.8. The molecule has 0 spiro atoms. The van der Waals surface area contributed by atoms with Gasteiger partial charge in [0.15, 0.2) is 0 Å². The van der Waals surface area contributed by atoms with Crippen LogP contribution in [0.15, 0.2) is 76.4 Å². The molecule has 0 radical (unpaired) electrons. The van der Waals surface area contributed by atoms with Crippen LogP contribution in [0, 0.1) is 6.92 Å². The van der Waals surface area contributed by atoms with E-state index in [4.69, 9.17) is 0 Å². The summed E-state index contributed by atoms with van der Waals surface area (Å²) in [7, 11) is 0. The van der Waals surface area contributed by atoms with Crippen molar-refractivity contribution >= 4 is 34.9 Å². The molecule has 1 saturated heterocycles. The first-order chi connectivity index (χ1) is 15.9. The summed E-state index contributed by atoms with van der Waals surface area (Å²) in [5, 5.41) is 2.21. The quantitative estimate of drug-likeness (QED) is 0.546. The summed E-state index contributed by atoms with van der Waals surface area (Å²) < 4.78 is 0. The highest BCUT2D eigenvalue weighted by Gasteiger charge is 2.34. The number of pyridine rings is 1. The minimum absolute atomic E-state index is 0.0155. The summed E-state index contributed by atoms with van der Waals surface area (Å²) in [6.45, 7) is 2.02. The Kier molecular flexibility index (Phi) is 6.55. The van der Waals surface area contributed by atoms with Gasteiger partial charge in [-0.2, -0.15) is 0 Å². The standard InChI is InChI=1S/C25H21N3O4S/c1-16-7-9-17(10-8-16)15-21-24(31)28(25(32)33-21)14-13-26-22(29)19-11-12-20(27-23(19)30)18-5-3-2-4-6-18/h2-12,15H,13-14H2,1H3,(H,26,29)(H,27,30)/b21-15-. The van der Waals surface area contributed by atoms with Crippen molar-refractivity contribution in [3.05, 3.63) is 98.7 Å². The Balaban J connectivity index is 1.36. The van der Waals surface area contributed by atoms with Gasteiger partial charge in [-0.15, -0.1) is 0 Å². The third-order valence-electron chi connectivity index (χ3n) is 5.11. The second kappa shape index (κ2) is 9.70. The summed E-state index contributed by atoms with van der Waals surface area (Å²) in [4.78, 5) is 53.8. The van der Waals surface area contributed by atoms with E-state index in [1.807, 2.05) is 61.5 Å². The van der Waals surface area contributed by atoms with Gasteiger partial charge in [-0.3, -0.25) is 24.1 Å². The molecule has 1 fully saturated rings. The number of amides is 3. The molecule has 33 heavy (non-hydrogen) atoms. The van der Waals surface area contributed by atoms with Crippen LogP contribution in [0.4, 0.5) is 4.79 Å². The van der Waals surface area contributed by atoms with Gasteiger partial charge in [0.25, 0.3) is 22.6 Å². The molecule has 3 aromatic rings. The molecule has 0 unspecified atom stereocenters. The van der Waals surface area contributed by atoms with E-state index in [2.05, 4.69) is 10.3 Å². The van der Waals surface area contributed by atoms with Crippen LogP contribution < -0.4 is 10.9 Å². The molecule has 7 nitrogen and oxygen atoms in total. The summed E-state index contributed by atoms with van der Waals surface area (Å²) >= 11 is 0.869. The maximum atomic E-state index is 12.6. The van der Waals surface area contributed by atoms with Crippen molar-refractivity contribution in [2.24, 2.45) is 0 Å². The number of aromatic amines is 1. The van der Waals surface area contributed by atoms with Gasteiger partial charge in [0, 0.05) is 18.8 Å². The monoisotopic (exact) mass is 459 g/mol. The van der Waals surface area contributed by atoms with Crippen LogP contribution in [0.2, 0.25) is 0 Å². The minimum atomic E-state index is -0.571. The molecule has 2 heterocycles. The molecule has 1 aliphatic heterocycles. The fourth-order valence-corrected chi connectivity index (χ4v) is 4.19. The minimum Gasteiger partial charge on any atom is -0.350 e. The number of carbonyl (C=O) groups is 3. The number of nitrogens with one attached hydrogen (secondary N) is 2. The highest BCUT2D eigenvalue weighted by Crippen LogP contribution is 2.31. The Bertz CT molecular complexity index is 1300. The largest absolute Gasteiger partial charge is 0.350 e. The Morgan fingerprint density at radius 2 is 1.73 bits per heavy atom. The van der Waals surface area contributed by atoms with Crippen LogP contribution in [0.1, 0.15) is 21.5 Å². The van der Waals surface area contributed by atoms with E-state index in [0.717, 1.165) is 33.4 Å². The van der Waals surface area contributed by atoms with Gasteiger partial charge in [-0.05, 0) is 48.0 Å². The molecular weight excluding hydrogens is 438 g/mol. The van der Waals surface area contributed by atoms with Gasteiger partial charge >= 0.3 is 0 Å². The Morgan fingerprint density at radius 3 is 2.42 bits per heavy atom. The van der Waals surface area contributed by atoms with Crippen molar-refractivity contribution in [2.75, 3.05) is 13.1 Å². The van der Waals surface area contributed by atoms with Crippen LogP contribution in [0.5, 0.6) is 0 Å². The molecule has 166 valence electrons. The molecule has 1 aliphatic rings. The average Bonchev–Trinajstić information content (AvgIpc) is 3.08. The van der Waals surface area contributed by atoms with Crippen LogP contribution in [-0.4, -0.2) is 40.0 Å². The van der Waals surface area contributed by atoms with Gasteiger partial charge in [0.05, 0.1) is 4.91 Å². The molecule has 0 saturated carbocycles. The SMILES string of the molecule is Cc1ccc(/C=C2\SC(=O)N(CCNC(=O)c3ccc(-c4ccccc4)[nH]c3=O)C2=O)cc1. The summed E-state index contributed by atoms with van der Waals surface area (Å²) in [6, 6.07) is 20.0. The van der Waals surface area contributed by atoms with Crippen molar-refractivity contribution in [1.29, 1.82) is 0 Å². The number of hydrogen-bond acceptors (Lipinski definition) is 5. The number of aromatic nitrogens is 1. The Morgan fingerprint density at radius 1 is 1.00 bits per heavy atom. The molecule has 4 rings (SSSR count). The lowest BCUT2D eigenvalue weighted by Crippen LogP contribution is -2.38. The molecular formula is C25H21N3O4S. The summed E-state index contributed by atoms with van der Waals surface area (Å²) in [5.41, 5.74) is 2.82. The number of imide groups is 1.